The molecule has 3 aromatic rings. The molecule has 1 aliphatic rings. The Morgan fingerprint density at radius 1 is 1.03 bits per heavy atom. The number of benzene rings is 1. The topological polar surface area (TPSA) is 72.4 Å². The lowest BCUT2D eigenvalue weighted by atomic mass is 10.1. The van der Waals surface area contributed by atoms with Crippen molar-refractivity contribution in [3.63, 3.8) is 0 Å². The third kappa shape index (κ3) is 4.77. The van der Waals surface area contributed by atoms with Crippen molar-refractivity contribution in [3.05, 3.63) is 54.7 Å². The monoisotopic (exact) mass is 417 g/mol. The summed E-state index contributed by atoms with van der Waals surface area (Å²) in [7, 11) is 0. The first-order valence-electron chi connectivity index (χ1n) is 9.22. The minimum atomic E-state index is -2.89. The standard InChI is InChI=1S/C20H18F3N5O2/c21-18-16(26-17-5-6-24-20(27-17)28-7-9-29-10-8-28)11-14(12-25-18)13-1-3-15(4-2-13)30-19(22)23/h1-6,11-12,19H,7-10H2,(H,24,26,27). The average molecular weight is 417 g/mol. The number of nitrogens with one attached hydrogen (secondary N) is 1. The summed E-state index contributed by atoms with van der Waals surface area (Å²) >= 11 is 0. The number of nitrogens with zero attached hydrogens (tertiary/aromatic N) is 4. The predicted octanol–water partition coefficient (Wildman–Crippen LogP) is 3.86. The Bertz CT molecular complexity index is 998. The van der Waals surface area contributed by atoms with E-state index in [1.807, 2.05) is 4.90 Å². The number of alkyl halides is 2. The number of ether oxygens (including phenoxy) is 2. The third-order valence-corrected chi connectivity index (χ3v) is 4.45. The summed E-state index contributed by atoms with van der Waals surface area (Å²) in [5.74, 6) is 0.300. The highest BCUT2D eigenvalue weighted by atomic mass is 19.3. The molecule has 1 fully saturated rings. The number of pyridine rings is 1. The zero-order chi connectivity index (χ0) is 20.9. The predicted molar refractivity (Wildman–Crippen MR) is 105 cm³/mol. The third-order valence-electron chi connectivity index (χ3n) is 4.45. The number of halogens is 3. The maximum Gasteiger partial charge on any atom is 0.387 e. The molecule has 1 aliphatic heterocycles. The van der Waals surface area contributed by atoms with Crippen molar-refractivity contribution in [3.8, 4) is 16.9 Å². The van der Waals surface area contributed by atoms with Gasteiger partial charge in [-0.1, -0.05) is 12.1 Å². The molecular weight excluding hydrogens is 399 g/mol. The summed E-state index contributed by atoms with van der Waals surface area (Å²) in [5, 5.41) is 2.93. The first kappa shape index (κ1) is 19.9. The van der Waals surface area contributed by atoms with Gasteiger partial charge in [0.2, 0.25) is 11.9 Å². The Labute approximate surface area is 170 Å². The van der Waals surface area contributed by atoms with Crippen molar-refractivity contribution in [1.29, 1.82) is 0 Å². The van der Waals surface area contributed by atoms with E-state index in [4.69, 9.17) is 4.74 Å². The van der Waals surface area contributed by atoms with Crippen LogP contribution in [-0.4, -0.2) is 47.9 Å². The molecule has 10 heteroatoms. The fourth-order valence-corrected chi connectivity index (χ4v) is 2.99. The number of rotatable bonds is 6. The van der Waals surface area contributed by atoms with Crippen LogP contribution in [0.1, 0.15) is 0 Å². The van der Waals surface area contributed by atoms with Crippen molar-refractivity contribution >= 4 is 17.5 Å². The molecule has 0 atom stereocenters. The Balaban J connectivity index is 1.54. The summed E-state index contributed by atoms with van der Waals surface area (Å²) in [6.07, 6.45) is 2.96. The highest BCUT2D eigenvalue weighted by molar-refractivity contribution is 5.69. The molecule has 0 bridgehead atoms. The molecule has 0 radical (unpaired) electrons. The second-order valence-corrected chi connectivity index (χ2v) is 6.43. The molecule has 0 unspecified atom stereocenters. The van der Waals surface area contributed by atoms with E-state index in [-0.39, 0.29) is 11.4 Å². The zero-order valence-electron chi connectivity index (χ0n) is 15.8. The summed E-state index contributed by atoms with van der Waals surface area (Å²) in [5.41, 5.74) is 1.40. The van der Waals surface area contributed by atoms with Crippen molar-refractivity contribution in [1.82, 2.24) is 15.0 Å². The summed E-state index contributed by atoms with van der Waals surface area (Å²) < 4.78 is 48.5. The van der Waals surface area contributed by atoms with Gasteiger partial charge in [0.15, 0.2) is 0 Å². The lowest BCUT2D eigenvalue weighted by molar-refractivity contribution is -0.0498. The molecule has 1 aromatic carbocycles. The van der Waals surface area contributed by atoms with Gasteiger partial charge >= 0.3 is 6.61 Å². The first-order valence-corrected chi connectivity index (χ1v) is 9.22. The van der Waals surface area contributed by atoms with Crippen LogP contribution in [0.15, 0.2) is 48.8 Å². The van der Waals surface area contributed by atoms with Crippen LogP contribution in [0.25, 0.3) is 11.1 Å². The van der Waals surface area contributed by atoms with Crippen molar-refractivity contribution in [2.45, 2.75) is 6.61 Å². The van der Waals surface area contributed by atoms with Crippen LogP contribution in [-0.2, 0) is 4.74 Å². The number of hydrogen-bond acceptors (Lipinski definition) is 7. The van der Waals surface area contributed by atoms with Crippen LogP contribution >= 0.6 is 0 Å². The van der Waals surface area contributed by atoms with Crippen LogP contribution in [0.2, 0.25) is 0 Å². The molecule has 156 valence electrons. The quantitative estimate of drug-likeness (QED) is 0.611. The molecule has 0 spiro atoms. The van der Waals surface area contributed by atoms with Gasteiger partial charge in [0.1, 0.15) is 11.6 Å². The van der Waals surface area contributed by atoms with E-state index in [0.717, 1.165) is 0 Å². The second kappa shape index (κ2) is 8.95. The van der Waals surface area contributed by atoms with Crippen molar-refractivity contribution < 1.29 is 22.6 Å². The van der Waals surface area contributed by atoms with E-state index in [0.29, 0.717) is 49.2 Å². The number of anilines is 3. The highest BCUT2D eigenvalue weighted by Gasteiger charge is 2.15. The second-order valence-electron chi connectivity index (χ2n) is 6.43. The highest BCUT2D eigenvalue weighted by Crippen LogP contribution is 2.27. The minimum absolute atomic E-state index is 0.0406. The number of hydrogen-bond donors (Lipinski definition) is 1. The van der Waals surface area contributed by atoms with Gasteiger partial charge in [-0.2, -0.15) is 18.2 Å². The van der Waals surface area contributed by atoms with E-state index < -0.39 is 12.6 Å². The molecular formula is C20H18F3N5O2. The normalized spacial score (nSPS) is 14.1. The Morgan fingerprint density at radius 3 is 2.53 bits per heavy atom. The first-order chi connectivity index (χ1) is 14.6. The van der Waals surface area contributed by atoms with Gasteiger partial charge in [-0.05, 0) is 29.8 Å². The fraction of sp³-hybridized carbons (Fsp3) is 0.250. The number of aromatic nitrogens is 3. The zero-order valence-corrected chi connectivity index (χ0v) is 15.8. The van der Waals surface area contributed by atoms with E-state index >= 15 is 0 Å². The van der Waals surface area contributed by atoms with Gasteiger partial charge in [0.25, 0.3) is 0 Å². The molecule has 2 aromatic heterocycles. The van der Waals surface area contributed by atoms with Crippen molar-refractivity contribution in [2.24, 2.45) is 0 Å². The lowest BCUT2D eigenvalue weighted by Gasteiger charge is -2.26. The average Bonchev–Trinajstić information content (AvgIpc) is 2.76. The molecule has 1 saturated heterocycles. The molecule has 0 saturated carbocycles. The van der Waals surface area contributed by atoms with Crippen LogP contribution in [0.4, 0.5) is 30.6 Å². The van der Waals surface area contributed by atoms with E-state index in [2.05, 4.69) is 25.0 Å². The van der Waals surface area contributed by atoms with Crippen LogP contribution in [0.5, 0.6) is 5.75 Å². The summed E-state index contributed by atoms with van der Waals surface area (Å²) in [6, 6.07) is 9.22. The molecule has 3 heterocycles. The molecule has 7 nitrogen and oxygen atoms in total. The van der Waals surface area contributed by atoms with Gasteiger partial charge < -0.3 is 19.7 Å². The Kier molecular flexibility index (Phi) is 5.94. The molecule has 0 aliphatic carbocycles. The SMILES string of the molecule is Fc1ncc(-c2ccc(OC(F)F)cc2)cc1Nc1ccnc(N2CCOCC2)n1. The number of morpholine rings is 1. The van der Waals surface area contributed by atoms with E-state index in [9.17, 15) is 13.2 Å². The maximum absolute atomic E-state index is 14.3. The summed E-state index contributed by atoms with van der Waals surface area (Å²) in [4.78, 5) is 14.5. The lowest BCUT2D eigenvalue weighted by Crippen LogP contribution is -2.37. The van der Waals surface area contributed by atoms with Crippen LogP contribution in [0.3, 0.4) is 0 Å². The van der Waals surface area contributed by atoms with Gasteiger partial charge in [-0.15, -0.1) is 0 Å². The molecule has 1 N–H and O–H groups in total. The van der Waals surface area contributed by atoms with Crippen LogP contribution < -0.4 is 15.0 Å². The maximum atomic E-state index is 14.3. The van der Waals surface area contributed by atoms with Gasteiger partial charge in [-0.25, -0.2) is 9.97 Å². The Morgan fingerprint density at radius 2 is 1.80 bits per heavy atom. The van der Waals surface area contributed by atoms with Gasteiger partial charge in [-0.3, -0.25) is 0 Å². The van der Waals surface area contributed by atoms with Gasteiger partial charge in [0.05, 0.1) is 18.9 Å². The minimum Gasteiger partial charge on any atom is -0.435 e. The largest absolute Gasteiger partial charge is 0.435 e. The molecule has 0 amide bonds. The molecule has 4 rings (SSSR count). The Hall–Kier alpha value is -3.40. The van der Waals surface area contributed by atoms with Gasteiger partial charge in [0, 0.05) is 31.0 Å². The van der Waals surface area contributed by atoms with E-state index in [1.165, 1.54) is 18.3 Å². The fourth-order valence-electron chi connectivity index (χ4n) is 2.99. The van der Waals surface area contributed by atoms with Crippen molar-refractivity contribution in [2.75, 3.05) is 36.5 Å². The molecule has 30 heavy (non-hydrogen) atoms. The smallest absolute Gasteiger partial charge is 0.387 e. The summed E-state index contributed by atoms with van der Waals surface area (Å²) in [6.45, 7) is -0.333. The van der Waals surface area contributed by atoms with E-state index in [1.54, 1.807) is 30.5 Å². The van der Waals surface area contributed by atoms with Crippen LogP contribution in [0, 0.1) is 5.95 Å².